The fourth-order valence-electron chi connectivity index (χ4n) is 3.62. The second-order valence-corrected chi connectivity index (χ2v) is 9.85. The largest absolute Gasteiger partial charge is 0.466 e. The molecule has 0 radical (unpaired) electrons. The van der Waals surface area contributed by atoms with Crippen LogP contribution in [0.1, 0.15) is 40.5 Å². The number of ether oxygens (including phenoxy) is 1. The molecule has 0 spiro atoms. The van der Waals surface area contributed by atoms with E-state index < -0.39 is 0 Å². The van der Waals surface area contributed by atoms with E-state index in [9.17, 15) is 9.18 Å². The van der Waals surface area contributed by atoms with Gasteiger partial charge in [-0.2, -0.15) is 0 Å². The maximum atomic E-state index is 12.1. The molecule has 0 amide bonds. The molecule has 2 aliphatic heterocycles. The number of carbonyl (C=O) groups is 1. The number of hydrogen-bond donors (Lipinski definition) is 1. The fourth-order valence-corrected chi connectivity index (χ4v) is 4.90. The summed E-state index contributed by atoms with van der Waals surface area (Å²) in [5.74, 6) is 1.68. The van der Waals surface area contributed by atoms with Crippen LogP contribution >= 0.6 is 23.4 Å². The molecule has 1 saturated heterocycles. The van der Waals surface area contributed by atoms with Crippen LogP contribution in [-0.2, 0) is 9.53 Å². The first kappa shape index (κ1) is 30.2. The zero-order chi connectivity index (χ0) is 25.7. The molecule has 0 aliphatic carbocycles. The summed E-state index contributed by atoms with van der Waals surface area (Å²) in [6.07, 6.45) is 4.12. The van der Waals surface area contributed by atoms with Gasteiger partial charge in [0, 0.05) is 17.3 Å². The summed E-state index contributed by atoms with van der Waals surface area (Å²) in [6.45, 7) is 10.2. The monoisotopic (exact) mass is 511 g/mol. The van der Waals surface area contributed by atoms with Gasteiger partial charge in [-0.1, -0.05) is 50.9 Å². The molecular formula is C26H39ClFN3O2S. The Morgan fingerprint density at radius 3 is 2.62 bits per heavy atom. The molecule has 0 bridgehead atoms. The maximum Gasteiger partial charge on any atom is 0.337 e. The van der Waals surface area contributed by atoms with E-state index in [1.165, 1.54) is 19.2 Å². The van der Waals surface area contributed by atoms with E-state index in [-0.39, 0.29) is 11.8 Å². The second-order valence-electron chi connectivity index (χ2n) is 8.36. The van der Waals surface area contributed by atoms with Crippen molar-refractivity contribution in [1.82, 2.24) is 10.2 Å². The smallest absolute Gasteiger partial charge is 0.337 e. The highest BCUT2D eigenvalue weighted by Gasteiger charge is 2.38. The van der Waals surface area contributed by atoms with Crippen molar-refractivity contribution in [1.29, 1.82) is 0 Å². The zero-order valence-electron chi connectivity index (χ0n) is 21.4. The molecule has 2 heterocycles. The number of thioether (sulfide) groups is 1. The van der Waals surface area contributed by atoms with Crippen LogP contribution in [0.15, 0.2) is 52.0 Å². The second kappa shape index (κ2) is 16.0. The predicted octanol–water partition coefficient (Wildman–Crippen LogP) is 6.16. The Balaban J connectivity index is 0.000000434. The van der Waals surface area contributed by atoms with E-state index in [1.807, 2.05) is 32.8 Å². The molecular weight excluding hydrogens is 473 g/mol. The van der Waals surface area contributed by atoms with Crippen molar-refractivity contribution < 1.29 is 13.9 Å². The van der Waals surface area contributed by atoms with Gasteiger partial charge >= 0.3 is 5.97 Å². The van der Waals surface area contributed by atoms with E-state index in [1.54, 1.807) is 12.1 Å². The minimum Gasteiger partial charge on any atom is -0.466 e. The molecule has 0 aromatic heterocycles. The number of halogens is 2. The van der Waals surface area contributed by atoms with Crippen LogP contribution in [0.4, 0.5) is 4.39 Å². The third-order valence-corrected chi connectivity index (χ3v) is 7.01. The Hall–Kier alpha value is -1.83. The highest BCUT2D eigenvalue weighted by molar-refractivity contribution is 8.03. The summed E-state index contributed by atoms with van der Waals surface area (Å²) in [4.78, 5) is 19.2. The first-order chi connectivity index (χ1) is 16.2. The van der Waals surface area contributed by atoms with Crippen molar-refractivity contribution in [3.63, 3.8) is 0 Å². The number of fused-ring (bicyclic) bond motifs is 1. The van der Waals surface area contributed by atoms with Crippen LogP contribution in [0.3, 0.4) is 0 Å². The van der Waals surface area contributed by atoms with E-state index in [0.717, 1.165) is 36.5 Å². The number of hydrogen-bond acceptors (Lipinski definition) is 6. The average molecular weight is 512 g/mol. The van der Waals surface area contributed by atoms with E-state index in [4.69, 9.17) is 21.3 Å². The number of aliphatic imine (C=N–C) groups is 1. The van der Waals surface area contributed by atoms with Crippen LogP contribution in [0.5, 0.6) is 0 Å². The Labute approximate surface area is 213 Å². The van der Waals surface area contributed by atoms with Crippen molar-refractivity contribution in [2.75, 3.05) is 34.3 Å². The zero-order valence-corrected chi connectivity index (χ0v) is 23.0. The van der Waals surface area contributed by atoms with Gasteiger partial charge < -0.3 is 15.0 Å². The molecule has 34 heavy (non-hydrogen) atoms. The summed E-state index contributed by atoms with van der Waals surface area (Å²) < 4.78 is 17.0. The topological polar surface area (TPSA) is 53.9 Å². The van der Waals surface area contributed by atoms with Crippen LogP contribution < -0.4 is 5.32 Å². The molecule has 1 fully saturated rings. The van der Waals surface area contributed by atoms with Crippen LogP contribution in [-0.4, -0.2) is 56.2 Å². The molecule has 3 unspecified atom stereocenters. The molecule has 1 aromatic rings. The lowest BCUT2D eigenvalue weighted by atomic mass is 10.0. The Morgan fingerprint density at radius 1 is 1.44 bits per heavy atom. The van der Waals surface area contributed by atoms with E-state index in [2.05, 4.69) is 42.5 Å². The van der Waals surface area contributed by atoms with Gasteiger partial charge in [0.05, 0.1) is 24.5 Å². The standard InChI is InChI=1S/C18H28N2O2S.C6H4ClF.C2H7N/c1-6-8-23-16(13(4)7-2)17-19-10-14(18(21)22-5)15-9-12(3)11-20(15)17;7-5-2-1-3-6(8)4-5;1-3-2/h6,8,12-13,16H,7,9-11H2,1-5H3;1-4H;3H,1-2H3/b8-6-;;. The highest BCUT2D eigenvalue weighted by atomic mass is 35.5. The molecule has 5 nitrogen and oxygen atoms in total. The van der Waals surface area contributed by atoms with Crippen molar-refractivity contribution in [2.45, 2.75) is 45.8 Å². The molecule has 190 valence electrons. The number of rotatable bonds is 6. The van der Waals surface area contributed by atoms with Crippen molar-refractivity contribution in [2.24, 2.45) is 16.8 Å². The molecule has 3 rings (SSSR count). The Bertz CT molecular complexity index is 858. The van der Waals surface area contributed by atoms with Crippen LogP contribution in [0.2, 0.25) is 5.02 Å². The van der Waals surface area contributed by atoms with Crippen LogP contribution in [0.25, 0.3) is 0 Å². The number of nitrogens with one attached hydrogen (secondary N) is 1. The van der Waals surface area contributed by atoms with Gasteiger partial charge in [-0.15, -0.1) is 11.8 Å². The Kier molecular flexibility index (Phi) is 14.2. The van der Waals surface area contributed by atoms with Gasteiger partial charge in [0.1, 0.15) is 11.7 Å². The number of methoxy groups -OCH3 is 1. The summed E-state index contributed by atoms with van der Waals surface area (Å²) in [7, 11) is 5.20. The van der Waals surface area contributed by atoms with Gasteiger partial charge in [-0.05, 0) is 62.9 Å². The number of amidine groups is 1. The highest BCUT2D eigenvalue weighted by Crippen LogP contribution is 2.37. The summed E-state index contributed by atoms with van der Waals surface area (Å²) in [6, 6.07) is 5.82. The van der Waals surface area contributed by atoms with E-state index >= 15 is 0 Å². The Morgan fingerprint density at radius 2 is 2.12 bits per heavy atom. The lowest BCUT2D eigenvalue weighted by molar-refractivity contribution is -0.136. The fraction of sp³-hybridized carbons (Fsp3) is 0.538. The van der Waals surface area contributed by atoms with Crippen molar-refractivity contribution >= 4 is 35.2 Å². The third-order valence-electron chi connectivity index (χ3n) is 5.38. The predicted molar refractivity (Wildman–Crippen MR) is 144 cm³/mol. The lowest BCUT2D eigenvalue weighted by Gasteiger charge is -2.34. The molecule has 8 heteroatoms. The number of benzene rings is 1. The maximum absolute atomic E-state index is 12.1. The first-order valence-electron chi connectivity index (χ1n) is 11.6. The quantitative estimate of drug-likeness (QED) is 0.463. The van der Waals surface area contributed by atoms with Crippen molar-refractivity contribution in [3.8, 4) is 0 Å². The van der Waals surface area contributed by atoms with Gasteiger partial charge in [-0.3, -0.25) is 4.99 Å². The number of allylic oxidation sites excluding steroid dienone is 2. The third kappa shape index (κ3) is 9.08. The van der Waals surface area contributed by atoms with E-state index in [0.29, 0.717) is 28.7 Å². The van der Waals surface area contributed by atoms with Gasteiger partial charge in [0.25, 0.3) is 0 Å². The average Bonchev–Trinajstić information content (AvgIpc) is 3.20. The van der Waals surface area contributed by atoms with Crippen LogP contribution in [0, 0.1) is 17.7 Å². The summed E-state index contributed by atoms with van der Waals surface area (Å²) in [5.41, 5.74) is 1.86. The molecule has 3 atom stereocenters. The van der Waals surface area contributed by atoms with Crippen molar-refractivity contribution in [3.05, 3.63) is 57.9 Å². The molecule has 0 saturated carbocycles. The normalized spacial score (nSPS) is 18.8. The SMILES string of the molecule is C/C=C\SC(C1=NCC(C(=O)OC)=C2CC(C)CN12)C(C)CC.CNC.Fc1cccc(Cl)c1. The van der Waals surface area contributed by atoms with Gasteiger partial charge in [-0.25, -0.2) is 9.18 Å². The molecule has 1 N–H and O–H groups in total. The number of carbonyl (C=O) groups excluding carboxylic acids is 1. The minimum absolute atomic E-state index is 0.233. The number of esters is 1. The van der Waals surface area contributed by atoms with Gasteiger partial charge in [0.15, 0.2) is 0 Å². The minimum atomic E-state index is -0.294. The molecule has 1 aromatic carbocycles. The summed E-state index contributed by atoms with van der Waals surface area (Å²) in [5, 5.41) is 5.67. The van der Waals surface area contributed by atoms with Gasteiger partial charge in [0.2, 0.25) is 0 Å². The first-order valence-corrected chi connectivity index (χ1v) is 12.9. The lowest BCUT2D eigenvalue weighted by Crippen LogP contribution is -2.41. The molecule has 2 aliphatic rings. The number of nitrogens with zero attached hydrogens (tertiary/aromatic N) is 2. The summed E-state index contributed by atoms with van der Waals surface area (Å²) >= 11 is 7.24.